The van der Waals surface area contributed by atoms with Crippen LogP contribution in [0, 0.1) is 0 Å². The largest absolute Gasteiger partial charge is 0.460 e. The third-order valence-corrected chi connectivity index (χ3v) is 3.60. The molecule has 0 atom stereocenters. The molecule has 28 heavy (non-hydrogen) atoms. The summed E-state index contributed by atoms with van der Waals surface area (Å²) in [5.41, 5.74) is 0.538. The van der Waals surface area contributed by atoms with Crippen molar-refractivity contribution in [3.63, 3.8) is 0 Å². The van der Waals surface area contributed by atoms with Gasteiger partial charge in [-0.1, -0.05) is 31.5 Å². The van der Waals surface area contributed by atoms with Crippen molar-refractivity contribution < 1.29 is 33.2 Å². The average molecular weight is 398 g/mol. The lowest BCUT2D eigenvalue weighted by Crippen LogP contribution is -2.15. The van der Waals surface area contributed by atoms with Gasteiger partial charge < -0.3 is 28.4 Å². The Labute approximate surface area is 168 Å². The fraction of sp³-hybridized carbons (Fsp3) is 0.667. The summed E-state index contributed by atoms with van der Waals surface area (Å²) >= 11 is 0. The zero-order valence-corrected chi connectivity index (χ0v) is 16.9. The zero-order chi connectivity index (χ0) is 20.1. The minimum absolute atomic E-state index is 0.223. The molecule has 0 saturated carbocycles. The highest BCUT2D eigenvalue weighted by molar-refractivity contribution is 5.89. The number of carbonyl (C=O) groups excluding carboxylic acids is 1. The molecule has 0 aromatic heterocycles. The SMILES string of the molecule is CCCCOCCOCCOCCOCCOCCOC(=O)c1ccccc1. The first-order chi connectivity index (χ1) is 13.8. The van der Waals surface area contributed by atoms with Gasteiger partial charge in [-0.25, -0.2) is 4.79 Å². The lowest BCUT2D eigenvalue weighted by molar-refractivity contribution is -0.0152. The fourth-order valence-electron chi connectivity index (χ4n) is 2.08. The van der Waals surface area contributed by atoms with Crippen molar-refractivity contribution in [2.24, 2.45) is 0 Å². The molecule has 1 rings (SSSR count). The van der Waals surface area contributed by atoms with Crippen LogP contribution in [0.25, 0.3) is 0 Å². The number of unbranched alkanes of at least 4 members (excludes halogenated alkanes) is 1. The fourth-order valence-corrected chi connectivity index (χ4v) is 2.08. The maximum Gasteiger partial charge on any atom is 0.338 e. The minimum Gasteiger partial charge on any atom is -0.460 e. The highest BCUT2D eigenvalue weighted by Gasteiger charge is 2.04. The lowest BCUT2D eigenvalue weighted by atomic mass is 10.2. The first-order valence-corrected chi connectivity index (χ1v) is 9.95. The van der Waals surface area contributed by atoms with Gasteiger partial charge in [-0.2, -0.15) is 0 Å². The van der Waals surface area contributed by atoms with E-state index in [2.05, 4.69) is 6.92 Å². The molecule has 0 N–H and O–H groups in total. The van der Waals surface area contributed by atoms with E-state index in [1.165, 1.54) is 0 Å². The van der Waals surface area contributed by atoms with E-state index >= 15 is 0 Å². The highest BCUT2D eigenvalue weighted by atomic mass is 16.6. The van der Waals surface area contributed by atoms with Gasteiger partial charge in [0.2, 0.25) is 0 Å². The van der Waals surface area contributed by atoms with Crippen molar-refractivity contribution in [2.45, 2.75) is 19.8 Å². The number of esters is 1. The number of rotatable bonds is 19. The lowest BCUT2D eigenvalue weighted by Gasteiger charge is -2.08. The Hall–Kier alpha value is -1.51. The number of benzene rings is 1. The summed E-state index contributed by atoms with van der Waals surface area (Å²) in [6.45, 7) is 7.79. The molecular weight excluding hydrogens is 364 g/mol. The molecule has 0 aliphatic carbocycles. The maximum atomic E-state index is 11.7. The van der Waals surface area contributed by atoms with Gasteiger partial charge in [0.25, 0.3) is 0 Å². The van der Waals surface area contributed by atoms with Crippen LogP contribution in [0.1, 0.15) is 30.1 Å². The van der Waals surface area contributed by atoms with Gasteiger partial charge in [-0.05, 0) is 18.6 Å². The quantitative estimate of drug-likeness (QED) is 0.262. The van der Waals surface area contributed by atoms with E-state index in [0.717, 1.165) is 19.4 Å². The molecule has 1 aromatic carbocycles. The van der Waals surface area contributed by atoms with Crippen molar-refractivity contribution in [1.29, 1.82) is 0 Å². The molecule has 1 aromatic rings. The van der Waals surface area contributed by atoms with Crippen LogP contribution >= 0.6 is 0 Å². The summed E-state index contributed by atoms with van der Waals surface area (Å²) in [6.07, 6.45) is 2.24. The van der Waals surface area contributed by atoms with Crippen LogP contribution in [0.5, 0.6) is 0 Å². The van der Waals surface area contributed by atoms with Crippen LogP contribution in [0.15, 0.2) is 30.3 Å². The average Bonchev–Trinajstić information content (AvgIpc) is 2.73. The van der Waals surface area contributed by atoms with Gasteiger partial charge in [0.05, 0.1) is 65.0 Å². The van der Waals surface area contributed by atoms with E-state index in [-0.39, 0.29) is 12.6 Å². The molecule has 0 radical (unpaired) electrons. The van der Waals surface area contributed by atoms with E-state index in [1.54, 1.807) is 24.3 Å². The molecule has 0 amide bonds. The van der Waals surface area contributed by atoms with Crippen LogP contribution in [-0.2, 0) is 28.4 Å². The van der Waals surface area contributed by atoms with Crippen molar-refractivity contribution in [3.05, 3.63) is 35.9 Å². The second-order valence-electron chi connectivity index (χ2n) is 5.92. The summed E-state index contributed by atoms with van der Waals surface area (Å²) in [6, 6.07) is 8.88. The Morgan fingerprint density at radius 2 is 1.07 bits per heavy atom. The molecule has 0 bridgehead atoms. The van der Waals surface area contributed by atoms with Gasteiger partial charge >= 0.3 is 5.97 Å². The molecule has 0 fully saturated rings. The first kappa shape index (κ1) is 24.5. The zero-order valence-electron chi connectivity index (χ0n) is 16.9. The van der Waals surface area contributed by atoms with Gasteiger partial charge in [0.1, 0.15) is 6.61 Å². The molecule has 0 heterocycles. The predicted octanol–water partition coefficient (Wildman–Crippen LogP) is 2.73. The van der Waals surface area contributed by atoms with Gasteiger partial charge in [-0.15, -0.1) is 0 Å². The number of hydrogen-bond donors (Lipinski definition) is 0. The van der Waals surface area contributed by atoms with Crippen LogP contribution in [0.2, 0.25) is 0 Å². The van der Waals surface area contributed by atoms with Crippen LogP contribution in [0.3, 0.4) is 0 Å². The molecule has 0 spiro atoms. The Morgan fingerprint density at radius 1 is 0.643 bits per heavy atom. The summed E-state index contributed by atoms with van der Waals surface area (Å²) < 4.78 is 32.0. The van der Waals surface area contributed by atoms with E-state index in [4.69, 9.17) is 28.4 Å². The van der Waals surface area contributed by atoms with E-state index in [1.807, 2.05) is 6.07 Å². The van der Waals surface area contributed by atoms with Crippen LogP contribution in [-0.4, -0.2) is 78.6 Å². The maximum absolute atomic E-state index is 11.7. The minimum atomic E-state index is -0.342. The Balaban J connectivity index is 1.74. The second-order valence-corrected chi connectivity index (χ2v) is 5.92. The van der Waals surface area contributed by atoms with E-state index in [9.17, 15) is 4.79 Å². The summed E-state index contributed by atoms with van der Waals surface area (Å²) in [5.74, 6) is -0.342. The van der Waals surface area contributed by atoms with Gasteiger partial charge in [0, 0.05) is 6.61 Å². The molecule has 0 unspecified atom stereocenters. The first-order valence-electron chi connectivity index (χ1n) is 9.95. The number of hydrogen-bond acceptors (Lipinski definition) is 7. The topological polar surface area (TPSA) is 72.5 Å². The smallest absolute Gasteiger partial charge is 0.338 e. The summed E-state index contributed by atoms with van der Waals surface area (Å²) in [7, 11) is 0. The number of ether oxygens (including phenoxy) is 6. The predicted molar refractivity (Wildman–Crippen MR) is 106 cm³/mol. The van der Waals surface area contributed by atoms with Gasteiger partial charge in [-0.3, -0.25) is 0 Å². The van der Waals surface area contributed by atoms with E-state index < -0.39 is 0 Å². The highest BCUT2D eigenvalue weighted by Crippen LogP contribution is 2.00. The third-order valence-electron chi connectivity index (χ3n) is 3.60. The summed E-state index contributed by atoms with van der Waals surface area (Å²) in [5, 5.41) is 0. The van der Waals surface area contributed by atoms with Crippen molar-refractivity contribution in [2.75, 3.05) is 72.7 Å². The molecule has 7 nitrogen and oxygen atoms in total. The van der Waals surface area contributed by atoms with Crippen molar-refractivity contribution >= 4 is 5.97 Å². The van der Waals surface area contributed by atoms with E-state index in [0.29, 0.717) is 65.0 Å². The normalized spacial score (nSPS) is 10.9. The van der Waals surface area contributed by atoms with Crippen LogP contribution in [0.4, 0.5) is 0 Å². The van der Waals surface area contributed by atoms with Crippen molar-refractivity contribution in [3.8, 4) is 0 Å². The molecule has 0 saturated heterocycles. The molecular formula is C21H34O7. The Morgan fingerprint density at radius 3 is 1.54 bits per heavy atom. The second kappa shape index (κ2) is 18.8. The Kier molecular flexibility index (Phi) is 16.5. The third kappa shape index (κ3) is 14.5. The number of carbonyl (C=O) groups is 1. The van der Waals surface area contributed by atoms with Crippen molar-refractivity contribution in [1.82, 2.24) is 0 Å². The Bertz CT molecular complexity index is 467. The van der Waals surface area contributed by atoms with Gasteiger partial charge in [0.15, 0.2) is 0 Å². The summed E-state index contributed by atoms with van der Waals surface area (Å²) in [4.78, 5) is 11.7. The van der Waals surface area contributed by atoms with Crippen LogP contribution < -0.4 is 0 Å². The molecule has 0 aliphatic rings. The molecule has 7 heteroatoms. The monoisotopic (exact) mass is 398 g/mol. The molecule has 0 aliphatic heterocycles. The molecule has 160 valence electrons. The standard InChI is InChI=1S/C21H34O7/c1-2-3-9-23-10-11-24-12-13-25-14-15-26-16-17-27-18-19-28-21(22)20-7-5-4-6-8-20/h4-8H,2-3,9-19H2,1H3.